The molecule has 0 bridgehead atoms. The van der Waals surface area contributed by atoms with E-state index in [0.29, 0.717) is 45.8 Å². The van der Waals surface area contributed by atoms with Crippen molar-refractivity contribution in [1.29, 1.82) is 0 Å². The maximum atomic E-state index is 11.5. The van der Waals surface area contributed by atoms with Crippen LogP contribution in [0, 0.1) is 56.2 Å². The Morgan fingerprint density at radius 2 is 1.59 bits per heavy atom. The molecule has 0 aromatic carbocycles. The topological polar surface area (TPSA) is 57.5 Å². The molecule has 2 spiro atoms. The summed E-state index contributed by atoms with van der Waals surface area (Å²) in [6.45, 7) is 16.0. The molecule has 3 heteroatoms. The van der Waals surface area contributed by atoms with Gasteiger partial charge in [0.1, 0.15) is 0 Å². The molecule has 0 aromatic heterocycles. The first kappa shape index (κ1) is 24.8. The highest BCUT2D eigenvalue weighted by molar-refractivity contribution is 5.73. The molecule has 5 aliphatic carbocycles. The summed E-state index contributed by atoms with van der Waals surface area (Å²) in [6, 6.07) is 0. The van der Waals surface area contributed by atoms with Gasteiger partial charge in [-0.3, -0.25) is 4.79 Å². The molecule has 0 unspecified atom stereocenters. The van der Waals surface area contributed by atoms with E-state index in [-0.39, 0.29) is 11.5 Å². The van der Waals surface area contributed by atoms with Gasteiger partial charge in [-0.25, -0.2) is 0 Å². The zero-order valence-electron chi connectivity index (χ0n) is 22.9. The average molecular weight is 471 g/mol. The predicted octanol–water partition coefficient (Wildman–Crippen LogP) is 7.48. The Morgan fingerprint density at radius 3 is 2.26 bits per heavy atom. The number of hydrogen-bond donors (Lipinski definition) is 2. The molecule has 5 fully saturated rings. The number of carboxylic acid groups (broad SMARTS) is 1. The number of aliphatic carboxylic acids is 1. The molecule has 0 radical (unpaired) electrons. The number of aliphatic hydroxyl groups is 1. The Kier molecular flexibility index (Phi) is 5.38. The molecule has 192 valence electrons. The van der Waals surface area contributed by atoms with Gasteiger partial charge in [0.2, 0.25) is 0 Å². The lowest BCUT2D eigenvalue weighted by atomic mass is 9.42. The van der Waals surface area contributed by atoms with Gasteiger partial charge in [-0.2, -0.15) is 0 Å². The van der Waals surface area contributed by atoms with Gasteiger partial charge in [-0.15, -0.1) is 0 Å². The second kappa shape index (κ2) is 7.36. The minimum atomic E-state index is -0.713. The summed E-state index contributed by atoms with van der Waals surface area (Å²) in [6.07, 6.45) is 16.7. The van der Waals surface area contributed by atoms with Crippen LogP contribution in [0.3, 0.4) is 0 Å². The number of aliphatic hydroxyl groups excluding tert-OH is 1. The first-order valence-electron chi connectivity index (χ1n) is 14.3. The fourth-order valence-corrected chi connectivity index (χ4v) is 11.0. The second-order valence-electron chi connectivity index (χ2n) is 15.2. The lowest BCUT2D eigenvalue weighted by Gasteiger charge is -2.63. The highest BCUT2D eigenvalue weighted by Gasteiger charge is 2.82. The fourth-order valence-electron chi connectivity index (χ4n) is 11.0. The standard InChI is InChI=1S/C31H50O3/c1-20(9-8-14-26(2,3)25(33)34)21-12-15-29(7)23-11-10-22-27(4,5)24(32)13-16-30(22)19-31(23,30)18-17-28(21,29)6/h8-9,20-24,32H,10-19H2,1-7H3,(H,33,34)/b9-8+/t20-,21-,22+,23+,24+,28-,29+,30-,31+/m1/s1. The van der Waals surface area contributed by atoms with Crippen LogP contribution >= 0.6 is 0 Å². The van der Waals surface area contributed by atoms with Crippen molar-refractivity contribution in [3.8, 4) is 0 Å². The van der Waals surface area contributed by atoms with Gasteiger partial charge in [-0.05, 0) is 129 Å². The van der Waals surface area contributed by atoms with Crippen molar-refractivity contribution in [2.24, 2.45) is 56.2 Å². The van der Waals surface area contributed by atoms with E-state index in [0.717, 1.165) is 12.3 Å². The molecular weight excluding hydrogens is 420 g/mol. The van der Waals surface area contributed by atoms with Crippen LogP contribution in [0.25, 0.3) is 0 Å². The van der Waals surface area contributed by atoms with Gasteiger partial charge < -0.3 is 10.2 Å². The monoisotopic (exact) mass is 470 g/mol. The highest BCUT2D eigenvalue weighted by atomic mass is 16.4. The van der Waals surface area contributed by atoms with Crippen molar-refractivity contribution >= 4 is 5.97 Å². The number of allylic oxidation sites excluding steroid dienone is 2. The van der Waals surface area contributed by atoms with Gasteiger partial charge in [0.25, 0.3) is 0 Å². The summed E-state index contributed by atoms with van der Waals surface area (Å²) in [5, 5.41) is 20.3. The quantitative estimate of drug-likeness (QED) is 0.409. The number of fused-ring (bicyclic) bond motifs is 2. The molecular formula is C31H50O3. The number of hydrogen-bond acceptors (Lipinski definition) is 2. The van der Waals surface area contributed by atoms with E-state index in [2.05, 4.69) is 46.8 Å². The first-order valence-corrected chi connectivity index (χ1v) is 14.3. The molecule has 0 aromatic rings. The van der Waals surface area contributed by atoms with Crippen LogP contribution in [-0.2, 0) is 4.79 Å². The number of carbonyl (C=O) groups is 1. The Bertz CT molecular complexity index is 887. The SMILES string of the molecule is C[C@H](/C=C/CC(C)(C)C(=O)O)[C@H]1CC[C@@]2(C)[C@@H]3CC[C@H]4C(C)(C)[C@@H](O)CC[C@@]45C[C@@]35CC[C@]12C. The smallest absolute Gasteiger partial charge is 0.309 e. The van der Waals surface area contributed by atoms with Gasteiger partial charge in [0.15, 0.2) is 0 Å². The van der Waals surface area contributed by atoms with E-state index >= 15 is 0 Å². The molecule has 3 nitrogen and oxygen atoms in total. The lowest BCUT2D eigenvalue weighted by Crippen LogP contribution is -2.57. The molecule has 9 atom stereocenters. The third-order valence-electron chi connectivity index (χ3n) is 13.4. The molecule has 5 rings (SSSR count). The first-order chi connectivity index (χ1) is 15.7. The lowest BCUT2D eigenvalue weighted by molar-refractivity contribution is -0.160. The Balaban J connectivity index is 1.37. The average Bonchev–Trinajstić information content (AvgIpc) is 3.33. The third-order valence-corrected chi connectivity index (χ3v) is 13.4. The molecule has 0 aliphatic heterocycles. The van der Waals surface area contributed by atoms with Gasteiger partial charge in [0, 0.05) is 0 Å². The fraction of sp³-hybridized carbons (Fsp3) is 0.903. The maximum Gasteiger partial charge on any atom is 0.309 e. The Morgan fingerprint density at radius 1 is 0.941 bits per heavy atom. The van der Waals surface area contributed by atoms with E-state index in [4.69, 9.17) is 0 Å². The van der Waals surface area contributed by atoms with E-state index in [1.807, 2.05) is 13.8 Å². The minimum Gasteiger partial charge on any atom is -0.481 e. The molecule has 5 aliphatic rings. The molecule has 5 saturated carbocycles. The van der Waals surface area contributed by atoms with Crippen molar-refractivity contribution in [2.75, 3.05) is 0 Å². The summed E-state index contributed by atoms with van der Waals surface area (Å²) in [4.78, 5) is 11.5. The zero-order valence-corrected chi connectivity index (χ0v) is 22.9. The molecule has 0 heterocycles. The van der Waals surface area contributed by atoms with Crippen molar-refractivity contribution in [3.63, 3.8) is 0 Å². The summed E-state index contributed by atoms with van der Waals surface area (Å²) in [5.74, 6) is 2.02. The van der Waals surface area contributed by atoms with Gasteiger partial charge >= 0.3 is 5.97 Å². The molecule has 34 heavy (non-hydrogen) atoms. The molecule has 0 amide bonds. The van der Waals surface area contributed by atoms with Crippen LogP contribution in [0.2, 0.25) is 0 Å². The minimum absolute atomic E-state index is 0.0651. The van der Waals surface area contributed by atoms with Crippen molar-refractivity contribution < 1.29 is 15.0 Å². The maximum absolute atomic E-state index is 11.5. The van der Waals surface area contributed by atoms with Crippen LogP contribution in [0.4, 0.5) is 0 Å². The van der Waals surface area contributed by atoms with Crippen LogP contribution in [-0.4, -0.2) is 22.3 Å². The normalized spacial score (nSPS) is 50.1. The van der Waals surface area contributed by atoms with Crippen molar-refractivity contribution in [1.82, 2.24) is 0 Å². The Hall–Kier alpha value is -0.830. The number of rotatable bonds is 5. The van der Waals surface area contributed by atoms with Gasteiger partial charge in [-0.1, -0.05) is 46.8 Å². The van der Waals surface area contributed by atoms with Crippen molar-refractivity contribution in [2.45, 2.75) is 119 Å². The van der Waals surface area contributed by atoms with Crippen LogP contribution < -0.4 is 0 Å². The third kappa shape index (κ3) is 2.94. The number of carboxylic acids is 1. The zero-order chi connectivity index (χ0) is 24.9. The Labute approximate surface area is 208 Å². The van der Waals surface area contributed by atoms with Crippen LogP contribution in [0.1, 0.15) is 113 Å². The van der Waals surface area contributed by atoms with Crippen LogP contribution in [0.15, 0.2) is 12.2 Å². The summed E-state index contributed by atoms with van der Waals surface area (Å²) in [5.41, 5.74) is 1.20. The summed E-state index contributed by atoms with van der Waals surface area (Å²) >= 11 is 0. The van der Waals surface area contributed by atoms with E-state index in [1.165, 1.54) is 51.4 Å². The largest absolute Gasteiger partial charge is 0.481 e. The van der Waals surface area contributed by atoms with E-state index in [9.17, 15) is 15.0 Å². The molecule has 0 saturated heterocycles. The second-order valence-corrected chi connectivity index (χ2v) is 15.2. The van der Waals surface area contributed by atoms with Crippen LogP contribution in [0.5, 0.6) is 0 Å². The highest BCUT2D eigenvalue weighted by Crippen LogP contribution is 2.89. The van der Waals surface area contributed by atoms with E-state index in [1.54, 1.807) is 0 Å². The van der Waals surface area contributed by atoms with Crippen molar-refractivity contribution in [3.05, 3.63) is 12.2 Å². The van der Waals surface area contributed by atoms with Gasteiger partial charge in [0.05, 0.1) is 11.5 Å². The van der Waals surface area contributed by atoms with E-state index < -0.39 is 11.4 Å². The summed E-state index contributed by atoms with van der Waals surface area (Å²) in [7, 11) is 0. The summed E-state index contributed by atoms with van der Waals surface area (Å²) < 4.78 is 0. The molecule has 2 N–H and O–H groups in total. The predicted molar refractivity (Wildman–Crippen MR) is 137 cm³/mol.